The molecule has 1 fully saturated rings. The molecule has 5 heteroatoms. The number of aryl methyl sites for hydroxylation is 1. The molecule has 17 heavy (non-hydrogen) atoms. The summed E-state index contributed by atoms with van der Waals surface area (Å²) in [6.07, 6.45) is 5.34. The van der Waals surface area contributed by atoms with Gasteiger partial charge in [0.2, 0.25) is 5.91 Å². The van der Waals surface area contributed by atoms with Gasteiger partial charge in [0.05, 0.1) is 12.2 Å². The molecule has 5 nitrogen and oxygen atoms in total. The molecule has 1 aliphatic rings. The predicted molar refractivity (Wildman–Crippen MR) is 65.2 cm³/mol. The van der Waals surface area contributed by atoms with E-state index in [1.165, 1.54) is 0 Å². The van der Waals surface area contributed by atoms with Gasteiger partial charge in [0.15, 0.2) is 0 Å². The maximum Gasteiger partial charge on any atom is 0.224 e. The average Bonchev–Trinajstić information content (AvgIpc) is 2.83. The van der Waals surface area contributed by atoms with Crippen molar-refractivity contribution in [3.8, 4) is 0 Å². The van der Waals surface area contributed by atoms with Crippen LogP contribution in [0.25, 0.3) is 0 Å². The molecule has 0 aromatic carbocycles. The monoisotopic (exact) mass is 236 g/mol. The van der Waals surface area contributed by atoms with Crippen molar-refractivity contribution < 1.29 is 4.79 Å². The fourth-order valence-corrected chi connectivity index (χ4v) is 2.50. The molecule has 2 unspecified atom stereocenters. The number of nitrogens with zero attached hydrogens (tertiary/aromatic N) is 3. The topological polar surface area (TPSA) is 64.2 Å². The molecule has 1 aromatic rings. The van der Waals surface area contributed by atoms with Gasteiger partial charge in [-0.3, -0.25) is 9.48 Å². The molecular formula is C12H20N4O. The van der Waals surface area contributed by atoms with Crippen LogP contribution in [-0.4, -0.2) is 33.2 Å². The molecule has 0 aliphatic carbocycles. The summed E-state index contributed by atoms with van der Waals surface area (Å²) in [5.41, 5.74) is 7.11. The highest BCUT2D eigenvalue weighted by Gasteiger charge is 2.38. The fraction of sp³-hybridized carbons (Fsp3) is 0.667. The third-order valence-corrected chi connectivity index (χ3v) is 3.26. The molecule has 1 aromatic heterocycles. The van der Waals surface area contributed by atoms with Crippen LogP contribution in [0.4, 0.5) is 0 Å². The summed E-state index contributed by atoms with van der Waals surface area (Å²) in [5, 5.41) is 4.30. The summed E-state index contributed by atoms with van der Waals surface area (Å²) >= 11 is 0. The van der Waals surface area contributed by atoms with Crippen LogP contribution >= 0.6 is 0 Å². The van der Waals surface area contributed by atoms with Gasteiger partial charge in [-0.05, 0) is 13.3 Å². The third-order valence-electron chi connectivity index (χ3n) is 3.26. The Morgan fingerprint density at radius 2 is 2.29 bits per heavy atom. The lowest BCUT2D eigenvalue weighted by Crippen LogP contribution is -2.32. The second-order valence-electron chi connectivity index (χ2n) is 4.53. The van der Waals surface area contributed by atoms with E-state index in [1.54, 1.807) is 0 Å². The van der Waals surface area contributed by atoms with Crippen molar-refractivity contribution >= 4 is 5.91 Å². The van der Waals surface area contributed by atoms with E-state index in [1.807, 2.05) is 28.9 Å². The van der Waals surface area contributed by atoms with Crippen molar-refractivity contribution in [3.05, 3.63) is 18.0 Å². The summed E-state index contributed by atoms with van der Waals surface area (Å²) in [7, 11) is 0. The van der Waals surface area contributed by atoms with E-state index >= 15 is 0 Å². The second-order valence-corrected chi connectivity index (χ2v) is 4.53. The van der Waals surface area contributed by atoms with Crippen LogP contribution in [-0.2, 0) is 11.3 Å². The quantitative estimate of drug-likeness (QED) is 0.845. The lowest BCUT2D eigenvalue weighted by Gasteiger charge is -2.24. The Hall–Kier alpha value is -1.36. The van der Waals surface area contributed by atoms with Gasteiger partial charge in [0, 0.05) is 37.3 Å². The van der Waals surface area contributed by atoms with Gasteiger partial charge in [0.25, 0.3) is 0 Å². The fourth-order valence-electron chi connectivity index (χ4n) is 2.50. The van der Waals surface area contributed by atoms with Gasteiger partial charge in [-0.1, -0.05) is 6.92 Å². The number of nitrogens with two attached hydrogens (primary N) is 1. The Kier molecular flexibility index (Phi) is 3.47. The smallest absolute Gasteiger partial charge is 0.224 e. The zero-order valence-electron chi connectivity index (χ0n) is 10.5. The SMILES string of the molecule is CCCn1cc(C2C(N)CC(=O)N2CC)cn1. The Morgan fingerprint density at radius 1 is 1.53 bits per heavy atom. The maximum atomic E-state index is 11.8. The van der Waals surface area contributed by atoms with E-state index in [4.69, 9.17) is 5.73 Å². The van der Waals surface area contributed by atoms with Crippen molar-refractivity contribution in [2.75, 3.05) is 6.54 Å². The van der Waals surface area contributed by atoms with Crippen LogP contribution < -0.4 is 5.73 Å². The first-order chi connectivity index (χ1) is 8.17. The standard InChI is InChI=1S/C12H20N4O/c1-3-5-15-8-9(7-14-15)12-10(13)6-11(17)16(12)4-2/h7-8,10,12H,3-6,13H2,1-2H3. The van der Waals surface area contributed by atoms with Crippen LogP contribution in [0, 0.1) is 0 Å². The van der Waals surface area contributed by atoms with Crippen LogP contribution in [0.5, 0.6) is 0 Å². The molecule has 1 aliphatic heterocycles. The highest BCUT2D eigenvalue weighted by atomic mass is 16.2. The van der Waals surface area contributed by atoms with Crippen molar-refractivity contribution in [2.45, 2.75) is 45.3 Å². The largest absolute Gasteiger partial charge is 0.334 e. The number of amides is 1. The molecule has 2 heterocycles. The molecule has 0 saturated carbocycles. The first-order valence-electron chi connectivity index (χ1n) is 6.24. The van der Waals surface area contributed by atoms with E-state index in [0.717, 1.165) is 18.5 Å². The number of hydrogen-bond acceptors (Lipinski definition) is 3. The average molecular weight is 236 g/mol. The molecular weight excluding hydrogens is 216 g/mol. The highest BCUT2D eigenvalue weighted by Crippen LogP contribution is 2.31. The van der Waals surface area contributed by atoms with Crippen LogP contribution in [0.2, 0.25) is 0 Å². The van der Waals surface area contributed by atoms with E-state index in [-0.39, 0.29) is 18.0 Å². The van der Waals surface area contributed by atoms with Gasteiger partial charge in [-0.25, -0.2) is 0 Å². The first kappa shape index (κ1) is 12.1. The van der Waals surface area contributed by atoms with Crippen molar-refractivity contribution in [3.63, 3.8) is 0 Å². The minimum atomic E-state index is -0.110. The molecule has 1 amide bonds. The van der Waals surface area contributed by atoms with E-state index in [0.29, 0.717) is 13.0 Å². The number of carbonyl (C=O) groups excluding carboxylic acids is 1. The lowest BCUT2D eigenvalue weighted by molar-refractivity contribution is -0.128. The van der Waals surface area contributed by atoms with Gasteiger partial charge in [-0.15, -0.1) is 0 Å². The number of carbonyl (C=O) groups is 1. The van der Waals surface area contributed by atoms with Crippen molar-refractivity contribution in [1.29, 1.82) is 0 Å². The van der Waals surface area contributed by atoms with E-state index in [9.17, 15) is 4.79 Å². The van der Waals surface area contributed by atoms with Crippen LogP contribution in [0.15, 0.2) is 12.4 Å². The summed E-state index contributed by atoms with van der Waals surface area (Å²) in [6.45, 7) is 5.71. The van der Waals surface area contributed by atoms with Crippen LogP contribution in [0.1, 0.15) is 38.3 Å². The zero-order valence-corrected chi connectivity index (χ0v) is 10.5. The normalized spacial score (nSPS) is 24.6. The summed E-state index contributed by atoms with van der Waals surface area (Å²) < 4.78 is 1.92. The Labute approximate surface area is 102 Å². The molecule has 0 spiro atoms. The summed E-state index contributed by atoms with van der Waals surface area (Å²) in [5.74, 6) is 0.147. The molecule has 2 rings (SSSR count). The predicted octanol–water partition coefficient (Wildman–Crippen LogP) is 0.914. The molecule has 2 N–H and O–H groups in total. The van der Waals surface area contributed by atoms with Gasteiger partial charge in [0.1, 0.15) is 0 Å². The van der Waals surface area contributed by atoms with Crippen molar-refractivity contribution in [2.24, 2.45) is 5.73 Å². The minimum absolute atomic E-state index is 0.00175. The number of likely N-dealkylation sites (N-methyl/N-ethyl adjacent to an activating group) is 1. The lowest BCUT2D eigenvalue weighted by atomic mass is 10.0. The van der Waals surface area contributed by atoms with Crippen LogP contribution in [0.3, 0.4) is 0 Å². The number of aromatic nitrogens is 2. The highest BCUT2D eigenvalue weighted by molar-refractivity contribution is 5.80. The number of rotatable bonds is 4. The van der Waals surface area contributed by atoms with Crippen molar-refractivity contribution in [1.82, 2.24) is 14.7 Å². The molecule has 94 valence electrons. The first-order valence-corrected chi connectivity index (χ1v) is 6.24. The third kappa shape index (κ3) is 2.20. The summed E-state index contributed by atoms with van der Waals surface area (Å²) in [6, 6.07) is -0.111. The minimum Gasteiger partial charge on any atom is -0.334 e. The molecule has 2 atom stereocenters. The Morgan fingerprint density at radius 3 is 2.94 bits per heavy atom. The Balaban J connectivity index is 2.21. The van der Waals surface area contributed by atoms with E-state index in [2.05, 4.69) is 12.0 Å². The maximum absolute atomic E-state index is 11.8. The second kappa shape index (κ2) is 4.87. The van der Waals surface area contributed by atoms with Gasteiger partial charge < -0.3 is 10.6 Å². The molecule has 0 bridgehead atoms. The van der Waals surface area contributed by atoms with E-state index < -0.39 is 0 Å². The van der Waals surface area contributed by atoms with Gasteiger partial charge >= 0.3 is 0 Å². The zero-order chi connectivity index (χ0) is 12.4. The number of hydrogen-bond donors (Lipinski definition) is 1. The summed E-state index contributed by atoms with van der Waals surface area (Å²) in [4.78, 5) is 13.6. The number of likely N-dealkylation sites (tertiary alicyclic amines) is 1. The molecule has 0 radical (unpaired) electrons. The van der Waals surface area contributed by atoms with Gasteiger partial charge in [-0.2, -0.15) is 5.10 Å². The Bertz CT molecular complexity index is 401. The molecule has 1 saturated heterocycles.